The smallest absolute Gasteiger partial charge is 0.309 e. The maximum Gasteiger partial charge on any atom is 0.309 e. The number of non-ortho nitro benzene ring substituents is 1. The van der Waals surface area contributed by atoms with Crippen LogP contribution >= 0.6 is 11.6 Å². The van der Waals surface area contributed by atoms with Gasteiger partial charge in [-0.3, -0.25) is 29.7 Å². The van der Waals surface area contributed by atoms with Gasteiger partial charge in [0.1, 0.15) is 23.4 Å². The highest BCUT2D eigenvalue weighted by atomic mass is 35.5. The molecule has 0 spiro atoms. The molecule has 0 aliphatic heterocycles. The Hall–Kier alpha value is -3.99. The Labute approximate surface area is 186 Å². The van der Waals surface area contributed by atoms with Crippen molar-refractivity contribution in [3.05, 3.63) is 79.1 Å². The number of hydrogen-bond donors (Lipinski definition) is 1. The van der Waals surface area contributed by atoms with E-state index < -0.39 is 15.8 Å². The number of carbonyl (C=O) groups excluding carboxylic acids is 1. The van der Waals surface area contributed by atoms with Crippen LogP contribution in [0.3, 0.4) is 0 Å². The van der Waals surface area contributed by atoms with Crippen LogP contribution in [0.1, 0.15) is 17.7 Å². The lowest BCUT2D eigenvalue weighted by Gasteiger charge is -2.10. The van der Waals surface area contributed by atoms with Crippen LogP contribution in [0.4, 0.5) is 17.1 Å². The van der Waals surface area contributed by atoms with E-state index in [9.17, 15) is 25.0 Å². The predicted molar refractivity (Wildman–Crippen MR) is 116 cm³/mol. The topological polar surface area (TPSA) is 142 Å². The molecule has 0 fully saturated rings. The standard InChI is InChI=1S/C20H18ClN5O6/c1-12-7-16(3-4-18(12)21)32-17-9-14(8-15(10-17)25(28)29)22-20(27)5-6-24-11-19(26(30)31)13(2)23-24/h3-4,7-11H,5-6H2,1-2H3,(H,22,27). The first-order chi connectivity index (χ1) is 15.1. The van der Waals surface area contributed by atoms with Crippen LogP contribution in [0.25, 0.3) is 0 Å². The Balaban J connectivity index is 1.72. The number of hydrogen-bond acceptors (Lipinski definition) is 7. The summed E-state index contributed by atoms with van der Waals surface area (Å²) in [5.74, 6) is 0.143. The molecule has 1 heterocycles. The predicted octanol–water partition coefficient (Wildman–Crippen LogP) is 4.79. The molecule has 0 unspecified atom stereocenters. The van der Waals surface area contributed by atoms with Gasteiger partial charge in [0.05, 0.1) is 21.6 Å². The summed E-state index contributed by atoms with van der Waals surface area (Å²) in [5.41, 5.74) is 0.795. The number of aryl methyl sites for hydroxylation is 3. The number of nitro benzene ring substituents is 1. The SMILES string of the molecule is Cc1cc(Oc2cc(NC(=O)CCn3cc([N+](=O)[O-])c(C)n3)cc([N+](=O)[O-])c2)ccc1Cl. The maximum atomic E-state index is 12.3. The Morgan fingerprint density at radius 2 is 1.88 bits per heavy atom. The second-order valence-corrected chi connectivity index (χ2v) is 7.31. The zero-order valence-corrected chi connectivity index (χ0v) is 17.8. The average Bonchev–Trinajstić information content (AvgIpc) is 3.10. The number of rotatable bonds is 8. The van der Waals surface area contributed by atoms with Crippen molar-refractivity contribution in [2.24, 2.45) is 0 Å². The minimum atomic E-state index is -0.596. The third kappa shape index (κ3) is 5.58. The highest BCUT2D eigenvalue weighted by Gasteiger charge is 2.17. The molecule has 1 N–H and O–H groups in total. The van der Waals surface area contributed by atoms with E-state index in [0.717, 1.165) is 5.56 Å². The number of benzene rings is 2. The van der Waals surface area contributed by atoms with E-state index in [2.05, 4.69) is 10.4 Å². The molecule has 11 nitrogen and oxygen atoms in total. The van der Waals surface area contributed by atoms with Crippen molar-refractivity contribution in [3.63, 3.8) is 0 Å². The van der Waals surface area contributed by atoms with E-state index in [1.54, 1.807) is 25.1 Å². The fourth-order valence-electron chi connectivity index (χ4n) is 2.88. The zero-order valence-electron chi connectivity index (χ0n) is 17.1. The average molecular weight is 460 g/mol. The van der Waals surface area contributed by atoms with Gasteiger partial charge >= 0.3 is 5.69 Å². The number of carbonyl (C=O) groups is 1. The van der Waals surface area contributed by atoms with Gasteiger partial charge in [0.25, 0.3) is 5.69 Å². The highest BCUT2D eigenvalue weighted by Crippen LogP contribution is 2.31. The summed E-state index contributed by atoms with van der Waals surface area (Å²) < 4.78 is 7.01. The fourth-order valence-corrected chi connectivity index (χ4v) is 2.99. The molecule has 166 valence electrons. The van der Waals surface area contributed by atoms with Crippen LogP contribution in [-0.4, -0.2) is 25.5 Å². The molecule has 0 saturated heterocycles. The largest absolute Gasteiger partial charge is 0.457 e. The zero-order chi connectivity index (χ0) is 23.4. The molecule has 0 saturated carbocycles. The Kier molecular flexibility index (Phi) is 6.69. The number of halogens is 1. The lowest BCUT2D eigenvalue weighted by atomic mass is 10.2. The van der Waals surface area contributed by atoms with Gasteiger partial charge in [-0.25, -0.2) is 0 Å². The summed E-state index contributed by atoms with van der Waals surface area (Å²) in [6.07, 6.45) is 1.20. The molecule has 0 radical (unpaired) electrons. The molecule has 2 aromatic carbocycles. The summed E-state index contributed by atoms with van der Waals surface area (Å²) in [6.45, 7) is 3.40. The lowest BCUT2D eigenvalue weighted by molar-refractivity contribution is -0.385. The highest BCUT2D eigenvalue weighted by molar-refractivity contribution is 6.31. The molecule has 32 heavy (non-hydrogen) atoms. The summed E-state index contributed by atoms with van der Waals surface area (Å²) in [4.78, 5) is 33.4. The van der Waals surface area contributed by atoms with Gasteiger partial charge in [-0.05, 0) is 37.6 Å². The van der Waals surface area contributed by atoms with Crippen LogP contribution in [0, 0.1) is 34.1 Å². The van der Waals surface area contributed by atoms with Crippen molar-refractivity contribution in [2.75, 3.05) is 5.32 Å². The van der Waals surface area contributed by atoms with E-state index in [4.69, 9.17) is 16.3 Å². The maximum absolute atomic E-state index is 12.3. The third-order valence-corrected chi connectivity index (χ3v) is 4.86. The summed E-state index contributed by atoms with van der Waals surface area (Å²) >= 11 is 6.00. The minimum absolute atomic E-state index is 0.0481. The van der Waals surface area contributed by atoms with Crippen LogP contribution < -0.4 is 10.1 Å². The molecule has 0 aliphatic rings. The first-order valence-electron chi connectivity index (χ1n) is 9.34. The Morgan fingerprint density at radius 1 is 1.12 bits per heavy atom. The van der Waals surface area contributed by atoms with E-state index in [0.29, 0.717) is 10.8 Å². The van der Waals surface area contributed by atoms with Gasteiger partial charge in [0, 0.05) is 30.1 Å². The van der Waals surface area contributed by atoms with Crippen molar-refractivity contribution in [2.45, 2.75) is 26.8 Å². The number of aromatic nitrogens is 2. The second-order valence-electron chi connectivity index (χ2n) is 6.90. The van der Waals surface area contributed by atoms with Crippen LogP contribution in [-0.2, 0) is 11.3 Å². The molecule has 0 atom stereocenters. The molecule has 3 aromatic rings. The minimum Gasteiger partial charge on any atom is -0.457 e. The van der Waals surface area contributed by atoms with E-state index in [-0.39, 0.29) is 41.5 Å². The van der Waals surface area contributed by atoms with Crippen molar-refractivity contribution in [1.82, 2.24) is 9.78 Å². The monoisotopic (exact) mass is 459 g/mol. The molecule has 12 heteroatoms. The number of amides is 1. The first-order valence-corrected chi connectivity index (χ1v) is 9.72. The molecule has 1 aromatic heterocycles. The third-order valence-electron chi connectivity index (χ3n) is 4.44. The summed E-state index contributed by atoms with van der Waals surface area (Å²) in [6, 6.07) is 8.86. The summed E-state index contributed by atoms with van der Waals surface area (Å²) in [7, 11) is 0. The second kappa shape index (κ2) is 9.43. The molecule has 3 rings (SSSR count). The van der Waals surface area contributed by atoms with Gasteiger partial charge in [-0.1, -0.05) is 11.6 Å². The number of anilines is 1. The first kappa shape index (κ1) is 22.7. The van der Waals surface area contributed by atoms with Crippen LogP contribution in [0.5, 0.6) is 11.5 Å². The Morgan fingerprint density at radius 3 is 2.50 bits per heavy atom. The molecule has 1 amide bonds. The lowest BCUT2D eigenvalue weighted by Crippen LogP contribution is -2.15. The van der Waals surface area contributed by atoms with E-state index in [1.807, 2.05) is 0 Å². The number of nitrogens with zero attached hydrogens (tertiary/aromatic N) is 4. The van der Waals surface area contributed by atoms with Crippen molar-refractivity contribution >= 4 is 34.6 Å². The van der Waals surface area contributed by atoms with Gasteiger partial charge in [0.2, 0.25) is 5.91 Å². The molecule has 0 aliphatic carbocycles. The number of nitro groups is 2. The van der Waals surface area contributed by atoms with Crippen molar-refractivity contribution < 1.29 is 19.4 Å². The van der Waals surface area contributed by atoms with E-state index >= 15 is 0 Å². The van der Waals surface area contributed by atoms with Gasteiger partial charge in [-0.2, -0.15) is 5.10 Å². The van der Waals surface area contributed by atoms with Crippen LogP contribution in [0.15, 0.2) is 42.6 Å². The number of ether oxygens (including phenoxy) is 1. The quantitative estimate of drug-likeness (QED) is 0.376. The molecular weight excluding hydrogens is 442 g/mol. The van der Waals surface area contributed by atoms with Crippen molar-refractivity contribution in [1.29, 1.82) is 0 Å². The Bertz CT molecular complexity index is 1210. The fraction of sp³-hybridized carbons (Fsp3) is 0.200. The number of nitrogens with one attached hydrogen (secondary N) is 1. The van der Waals surface area contributed by atoms with Gasteiger partial charge < -0.3 is 10.1 Å². The summed E-state index contributed by atoms with van der Waals surface area (Å²) in [5, 5.41) is 29.3. The normalized spacial score (nSPS) is 10.6. The van der Waals surface area contributed by atoms with Gasteiger partial charge in [0.15, 0.2) is 0 Å². The van der Waals surface area contributed by atoms with Crippen molar-refractivity contribution in [3.8, 4) is 11.5 Å². The molecule has 0 bridgehead atoms. The van der Waals surface area contributed by atoms with E-state index in [1.165, 1.54) is 36.0 Å². The van der Waals surface area contributed by atoms with Gasteiger partial charge in [-0.15, -0.1) is 0 Å². The molecular formula is C20H18ClN5O6. The van der Waals surface area contributed by atoms with Crippen LogP contribution in [0.2, 0.25) is 5.02 Å².